The SMILES string of the molecule is O=C1Oc2ccccc2CC1[Se]c1ccccc1. The summed E-state index contributed by atoms with van der Waals surface area (Å²) >= 11 is 0.131. The summed E-state index contributed by atoms with van der Waals surface area (Å²) in [6.07, 6.45) is 0.796. The molecule has 1 unspecified atom stereocenters. The predicted octanol–water partition coefficient (Wildman–Crippen LogP) is 1.97. The standard InChI is InChI=1S/C15H12O2Se/c16-15-14(18-12-7-2-1-3-8-12)10-11-6-4-5-9-13(11)17-15/h1-9,14H,10H2. The summed E-state index contributed by atoms with van der Waals surface area (Å²) in [6.45, 7) is 0. The molecule has 1 heterocycles. The molecule has 0 radical (unpaired) electrons. The first kappa shape index (κ1) is 11.5. The second-order valence-corrected chi connectivity index (χ2v) is 6.83. The van der Waals surface area contributed by atoms with Crippen molar-refractivity contribution in [2.75, 3.05) is 0 Å². The fourth-order valence-corrected chi connectivity index (χ4v) is 4.19. The Morgan fingerprint density at radius 2 is 1.72 bits per heavy atom. The van der Waals surface area contributed by atoms with E-state index >= 15 is 0 Å². The summed E-state index contributed by atoms with van der Waals surface area (Å²) in [6, 6.07) is 18.0. The minimum absolute atomic E-state index is 0.00481. The molecule has 1 aliphatic heterocycles. The third-order valence-electron chi connectivity index (χ3n) is 2.87. The first-order valence-corrected chi connectivity index (χ1v) is 7.69. The molecule has 1 aliphatic rings. The van der Waals surface area contributed by atoms with E-state index in [4.69, 9.17) is 4.74 Å². The van der Waals surface area contributed by atoms with Gasteiger partial charge in [0.1, 0.15) is 0 Å². The van der Waals surface area contributed by atoms with Crippen molar-refractivity contribution in [1.82, 2.24) is 0 Å². The Labute approximate surface area is 112 Å². The van der Waals surface area contributed by atoms with Crippen molar-refractivity contribution < 1.29 is 9.53 Å². The van der Waals surface area contributed by atoms with E-state index in [-0.39, 0.29) is 25.7 Å². The van der Waals surface area contributed by atoms with Crippen LogP contribution in [0.15, 0.2) is 54.6 Å². The summed E-state index contributed by atoms with van der Waals surface area (Å²) in [5, 5.41) is 0. The van der Waals surface area contributed by atoms with E-state index in [1.165, 1.54) is 4.46 Å². The van der Waals surface area contributed by atoms with E-state index in [1.54, 1.807) is 0 Å². The van der Waals surface area contributed by atoms with Crippen LogP contribution in [-0.2, 0) is 11.2 Å². The van der Waals surface area contributed by atoms with Gasteiger partial charge in [0.25, 0.3) is 0 Å². The molecule has 0 bridgehead atoms. The van der Waals surface area contributed by atoms with Gasteiger partial charge in [0, 0.05) is 0 Å². The predicted molar refractivity (Wildman–Crippen MR) is 71.4 cm³/mol. The van der Waals surface area contributed by atoms with Gasteiger partial charge in [0.15, 0.2) is 0 Å². The normalized spacial score (nSPS) is 18.0. The van der Waals surface area contributed by atoms with Gasteiger partial charge in [0.05, 0.1) is 0 Å². The van der Waals surface area contributed by atoms with Crippen LogP contribution in [0.5, 0.6) is 5.75 Å². The van der Waals surface area contributed by atoms with Gasteiger partial charge in [-0.3, -0.25) is 0 Å². The second-order valence-electron chi connectivity index (χ2n) is 4.15. The van der Waals surface area contributed by atoms with Crippen LogP contribution in [-0.4, -0.2) is 20.9 Å². The molecule has 2 aromatic carbocycles. The molecule has 0 N–H and O–H groups in total. The van der Waals surface area contributed by atoms with E-state index in [0.717, 1.165) is 17.7 Å². The molecule has 0 saturated carbocycles. The van der Waals surface area contributed by atoms with Crippen LogP contribution in [0.2, 0.25) is 4.82 Å². The molecule has 0 aromatic heterocycles. The van der Waals surface area contributed by atoms with Gasteiger partial charge in [-0.1, -0.05) is 0 Å². The van der Waals surface area contributed by atoms with E-state index in [1.807, 2.05) is 42.5 Å². The maximum atomic E-state index is 12.0. The number of rotatable bonds is 2. The molecule has 0 saturated heterocycles. The van der Waals surface area contributed by atoms with Crippen molar-refractivity contribution in [2.24, 2.45) is 0 Å². The molecule has 90 valence electrons. The fourth-order valence-electron chi connectivity index (χ4n) is 1.98. The molecule has 3 rings (SSSR count). The minimum atomic E-state index is -0.0856. The van der Waals surface area contributed by atoms with E-state index < -0.39 is 0 Å². The molecular formula is C15H12O2Se. The van der Waals surface area contributed by atoms with Gasteiger partial charge >= 0.3 is 112 Å². The Morgan fingerprint density at radius 3 is 2.56 bits per heavy atom. The van der Waals surface area contributed by atoms with Gasteiger partial charge in [0.2, 0.25) is 0 Å². The zero-order valence-corrected chi connectivity index (χ0v) is 11.4. The molecule has 2 aromatic rings. The molecule has 0 aliphatic carbocycles. The first-order chi connectivity index (χ1) is 8.83. The number of para-hydroxylation sites is 1. The average Bonchev–Trinajstić information content (AvgIpc) is 2.41. The Balaban J connectivity index is 1.81. The van der Waals surface area contributed by atoms with Crippen molar-refractivity contribution in [2.45, 2.75) is 11.2 Å². The number of hydrogen-bond acceptors (Lipinski definition) is 2. The molecule has 0 fully saturated rings. The van der Waals surface area contributed by atoms with Crippen molar-refractivity contribution in [3.8, 4) is 5.75 Å². The molecule has 1 atom stereocenters. The Morgan fingerprint density at radius 1 is 1.00 bits per heavy atom. The van der Waals surface area contributed by atoms with Crippen molar-refractivity contribution >= 4 is 25.4 Å². The van der Waals surface area contributed by atoms with Crippen LogP contribution in [0.25, 0.3) is 0 Å². The number of carbonyl (C=O) groups excluding carboxylic acids is 1. The molecule has 0 amide bonds. The zero-order valence-electron chi connectivity index (χ0n) is 9.71. The van der Waals surface area contributed by atoms with E-state index in [0.29, 0.717) is 0 Å². The molecule has 3 heteroatoms. The quantitative estimate of drug-likeness (QED) is 0.482. The summed E-state index contributed by atoms with van der Waals surface area (Å²) < 4.78 is 6.64. The molecule has 18 heavy (non-hydrogen) atoms. The van der Waals surface area contributed by atoms with Crippen LogP contribution in [0.1, 0.15) is 5.56 Å². The van der Waals surface area contributed by atoms with Gasteiger partial charge < -0.3 is 0 Å². The Bertz CT molecular complexity index is 566. The Hall–Kier alpha value is -1.57. The topological polar surface area (TPSA) is 26.3 Å². The van der Waals surface area contributed by atoms with Crippen LogP contribution in [0.3, 0.4) is 0 Å². The van der Waals surface area contributed by atoms with Crippen molar-refractivity contribution in [3.05, 3.63) is 60.2 Å². The maximum absolute atomic E-state index is 12.0. The summed E-state index contributed by atoms with van der Waals surface area (Å²) in [4.78, 5) is 11.9. The summed E-state index contributed by atoms with van der Waals surface area (Å²) in [5.74, 6) is 0.639. The second kappa shape index (κ2) is 4.97. The fraction of sp³-hybridized carbons (Fsp3) is 0.133. The van der Waals surface area contributed by atoms with E-state index in [2.05, 4.69) is 12.1 Å². The third kappa shape index (κ3) is 2.33. The van der Waals surface area contributed by atoms with Gasteiger partial charge in [-0.15, -0.1) is 0 Å². The van der Waals surface area contributed by atoms with Crippen molar-refractivity contribution in [3.63, 3.8) is 0 Å². The average molecular weight is 303 g/mol. The Kier molecular flexibility index (Phi) is 3.18. The molecule has 0 spiro atoms. The van der Waals surface area contributed by atoms with Crippen LogP contribution in [0, 0.1) is 0 Å². The van der Waals surface area contributed by atoms with Crippen LogP contribution in [0.4, 0.5) is 0 Å². The molecule has 2 nitrogen and oxygen atoms in total. The summed E-state index contributed by atoms with van der Waals surface area (Å²) in [5.41, 5.74) is 1.14. The summed E-state index contributed by atoms with van der Waals surface area (Å²) in [7, 11) is 0. The number of hydrogen-bond donors (Lipinski definition) is 0. The number of benzene rings is 2. The number of fused-ring (bicyclic) bond motifs is 1. The third-order valence-corrected chi connectivity index (χ3v) is 5.37. The number of ether oxygens (including phenoxy) is 1. The zero-order chi connectivity index (χ0) is 12.4. The van der Waals surface area contributed by atoms with Crippen LogP contribution >= 0.6 is 0 Å². The van der Waals surface area contributed by atoms with Gasteiger partial charge in [-0.05, 0) is 0 Å². The van der Waals surface area contributed by atoms with Gasteiger partial charge in [-0.2, -0.15) is 0 Å². The van der Waals surface area contributed by atoms with E-state index in [9.17, 15) is 4.79 Å². The van der Waals surface area contributed by atoms with Crippen molar-refractivity contribution in [1.29, 1.82) is 0 Å². The molecular weight excluding hydrogens is 291 g/mol. The monoisotopic (exact) mass is 304 g/mol. The first-order valence-electron chi connectivity index (χ1n) is 5.84. The van der Waals surface area contributed by atoms with Crippen LogP contribution < -0.4 is 9.20 Å². The van der Waals surface area contributed by atoms with Gasteiger partial charge in [-0.25, -0.2) is 0 Å². The number of esters is 1. The number of carbonyl (C=O) groups is 1.